The van der Waals surface area contributed by atoms with Crippen LogP contribution in [0.2, 0.25) is 0 Å². The Morgan fingerprint density at radius 1 is 1.33 bits per heavy atom. The maximum Gasteiger partial charge on any atom is 0.119 e. The molecular formula is C15H22O2S. The van der Waals surface area contributed by atoms with Crippen LogP contribution in [0.25, 0.3) is 0 Å². The highest BCUT2D eigenvalue weighted by atomic mass is 32.2. The predicted octanol–water partition coefficient (Wildman–Crippen LogP) is 4.01. The summed E-state index contributed by atoms with van der Waals surface area (Å²) in [5.41, 5.74) is 2.86. The molecule has 2 unspecified atom stereocenters. The summed E-state index contributed by atoms with van der Waals surface area (Å²) in [7, 11) is 1.73. The largest absolute Gasteiger partial charge is 0.497 e. The van der Waals surface area contributed by atoms with E-state index in [1.54, 1.807) is 7.11 Å². The third-order valence-electron chi connectivity index (χ3n) is 3.52. The minimum Gasteiger partial charge on any atom is -0.497 e. The van der Waals surface area contributed by atoms with Gasteiger partial charge in [0, 0.05) is 6.61 Å². The Labute approximate surface area is 114 Å². The predicted molar refractivity (Wildman–Crippen MR) is 77.7 cm³/mol. The summed E-state index contributed by atoms with van der Waals surface area (Å²) in [6.07, 6.45) is 1.23. The number of hydrogen-bond donors (Lipinski definition) is 0. The van der Waals surface area contributed by atoms with Gasteiger partial charge >= 0.3 is 0 Å². The molecule has 2 atom stereocenters. The van der Waals surface area contributed by atoms with Gasteiger partial charge in [-0.05, 0) is 48.3 Å². The number of fused-ring (bicyclic) bond motifs is 1. The molecule has 1 heterocycles. The van der Waals surface area contributed by atoms with Crippen molar-refractivity contribution in [1.82, 2.24) is 0 Å². The van der Waals surface area contributed by atoms with Crippen molar-refractivity contribution in [3.63, 3.8) is 0 Å². The minimum atomic E-state index is 0.468. The van der Waals surface area contributed by atoms with Crippen LogP contribution < -0.4 is 4.74 Å². The van der Waals surface area contributed by atoms with E-state index >= 15 is 0 Å². The Balaban J connectivity index is 2.30. The summed E-state index contributed by atoms with van der Waals surface area (Å²) in [4.78, 5) is 0. The van der Waals surface area contributed by atoms with E-state index in [1.165, 1.54) is 23.3 Å². The fourth-order valence-electron chi connectivity index (χ4n) is 2.39. The molecule has 0 spiro atoms. The zero-order valence-corrected chi connectivity index (χ0v) is 12.3. The zero-order valence-electron chi connectivity index (χ0n) is 11.4. The maximum absolute atomic E-state index is 5.63. The van der Waals surface area contributed by atoms with Crippen LogP contribution in [0.4, 0.5) is 0 Å². The van der Waals surface area contributed by atoms with E-state index in [4.69, 9.17) is 9.47 Å². The number of hydrogen-bond acceptors (Lipinski definition) is 3. The van der Waals surface area contributed by atoms with Crippen LogP contribution in [0.5, 0.6) is 5.75 Å². The van der Waals surface area contributed by atoms with Crippen molar-refractivity contribution in [3.05, 3.63) is 29.3 Å². The van der Waals surface area contributed by atoms with Crippen LogP contribution in [-0.2, 0) is 4.74 Å². The number of ether oxygens (including phenoxy) is 2. The molecule has 0 radical (unpaired) electrons. The van der Waals surface area contributed by atoms with E-state index < -0.39 is 0 Å². The van der Waals surface area contributed by atoms with Gasteiger partial charge in [0.25, 0.3) is 0 Å². The molecule has 0 bridgehead atoms. The van der Waals surface area contributed by atoms with Crippen LogP contribution >= 0.6 is 11.8 Å². The van der Waals surface area contributed by atoms with Crippen molar-refractivity contribution in [2.75, 3.05) is 26.1 Å². The highest BCUT2D eigenvalue weighted by molar-refractivity contribution is 7.99. The van der Waals surface area contributed by atoms with Gasteiger partial charge < -0.3 is 9.47 Å². The quantitative estimate of drug-likeness (QED) is 0.820. The number of benzene rings is 1. The van der Waals surface area contributed by atoms with E-state index in [-0.39, 0.29) is 0 Å². The molecular weight excluding hydrogens is 244 g/mol. The zero-order chi connectivity index (χ0) is 13.0. The summed E-state index contributed by atoms with van der Waals surface area (Å²) < 4.78 is 11.0. The number of rotatable bonds is 4. The Morgan fingerprint density at radius 3 is 2.89 bits per heavy atom. The Morgan fingerprint density at radius 2 is 2.17 bits per heavy atom. The molecule has 0 fully saturated rings. The molecule has 1 aromatic carbocycles. The molecule has 0 amide bonds. The average Bonchev–Trinajstić information content (AvgIpc) is 2.56. The average molecular weight is 266 g/mol. The van der Waals surface area contributed by atoms with Gasteiger partial charge in [-0.1, -0.05) is 13.0 Å². The number of methoxy groups -OCH3 is 1. The molecule has 1 aliphatic rings. The van der Waals surface area contributed by atoms with Gasteiger partial charge in [0.15, 0.2) is 0 Å². The van der Waals surface area contributed by atoms with Gasteiger partial charge in [0.05, 0.1) is 19.0 Å². The van der Waals surface area contributed by atoms with Gasteiger partial charge in [0.1, 0.15) is 5.75 Å². The van der Waals surface area contributed by atoms with Crippen LogP contribution in [0.15, 0.2) is 18.2 Å². The molecule has 2 nitrogen and oxygen atoms in total. The normalized spacial score (nSPS) is 23.3. The highest BCUT2D eigenvalue weighted by Gasteiger charge is 2.23. The summed E-state index contributed by atoms with van der Waals surface area (Å²) >= 11 is 2.02. The molecule has 3 heteroatoms. The summed E-state index contributed by atoms with van der Waals surface area (Å²) in [6.45, 7) is 5.96. The monoisotopic (exact) mass is 266 g/mol. The van der Waals surface area contributed by atoms with Crippen molar-refractivity contribution < 1.29 is 9.47 Å². The lowest BCUT2D eigenvalue weighted by molar-refractivity contribution is 0.149. The molecule has 18 heavy (non-hydrogen) atoms. The Bertz CT molecular complexity index is 392. The first-order valence-corrected chi connectivity index (χ1v) is 7.68. The SMILES string of the molecule is CCOCC1SCCC(C)c2cc(OC)ccc21. The second-order valence-electron chi connectivity index (χ2n) is 4.70. The minimum absolute atomic E-state index is 0.468. The van der Waals surface area contributed by atoms with Gasteiger partial charge in [-0.25, -0.2) is 0 Å². The molecule has 1 aromatic rings. The third-order valence-corrected chi connectivity index (χ3v) is 4.78. The van der Waals surface area contributed by atoms with Crippen LogP contribution in [0.1, 0.15) is 42.6 Å². The molecule has 1 aliphatic heterocycles. The van der Waals surface area contributed by atoms with E-state index in [2.05, 4.69) is 32.0 Å². The van der Waals surface area contributed by atoms with Gasteiger partial charge in [-0.3, -0.25) is 0 Å². The van der Waals surface area contributed by atoms with Gasteiger partial charge in [-0.15, -0.1) is 0 Å². The van der Waals surface area contributed by atoms with Crippen LogP contribution in [0, 0.1) is 0 Å². The maximum atomic E-state index is 5.63. The van der Waals surface area contributed by atoms with E-state index in [1.807, 2.05) is 11.8 Å². The first-order valence-electron chi connectivity index (χ1n) is 6.63. The molecule has 0 N–H and O–H groups in total. The molecule has 2 rings (SSSR count). The van der Waals surface area contributed by atoms with Crippen LogP contribution in [-0.4, -0.2) is 26.1 Å². The van der Waals surface area contributed by atoms with Crippen molar-refractivity contribution in [3.8, 4) is 5.75 Å². The Kier molecular flexibility index (Phi) is 4.95. The molecule has 100 valence electrons. The van der Waals surface area contributed by atoms with Crippen molar-refractivity contribution in [2.24, 2.45) is 0 Å². The smallest absolute Gasteiger partial charge is 0.119 e. The molecule has 0 saturated carbocycles. The fraction of sp³-hybridized carbons (Fsp3) is 0.600. The first kappa shape index (κ1) is 13.8. The molecule has 0 aromatic heterocycles. The Hall–Kier alpha value is -0.670. The lowest BCUT2D eigenvalue weighted by atomic mass is 9.92. The summed E-state index contributed by atoms with van der Waals surface area (Å²) in [6, 6.07) is 6.48. The summed E-state index contributed by atoms with van der Waals surface area (Å²) in [5.74, 6) is 2.77. The van der Waals surface area contributed by atoms with E-state index in [9.17, 15) is 0 Å². The standard InChI is InChI=1S/C15H22O2S/c1-4-17-10-15-13-6-5-12(16-3)9-14(13)11(2)7-8-18-15/h5-6,9,11,15H,4,7-8,10H2,1-3H3. The molecule has 0 aliphatic carbocycles. The van der Waals surface area contributed by atoms with Crippen LogP contribution in [0.3, 0.4) is 0 Å². The van der Waals surface area contributed by atoms with Crippen molar-refractivity contribution in [1.29, 1.82) is 0 Å². The van der Waals surface area contributed by atoms with E-state index in [0.717, 1.165) is 19.0 Å². The van der Waals surface area contributed by atoms with Gasteiger partial charge in [-0.2, -0.15) is 11.8 Å². The first-order chi connectivity index (χ1) is 8.76. The van der Waals surface area contributed by atoms with Gasteiger partial charge in [0.2, 0.25) is 0 Å². The van der Waals surface area contributed by atoms with E-state index in [0.29, 0.717) is 11.2 Å². The lowest BCUT2D eigenvalue weighted by Gasteiger charge is -2.19. The second kappa shape index (κ2) is 6.48. The second-order valence-corrected chi connectivity index (χ2v) is 6.01. The number of thioether (sulfide) groups is 1. The highest BCUT2D eigenvalue weighted by Crippen LogP contribution is 2.41. The topological polar surface area (TPSA) is 18.5 Å². The third kappa shape index (κ3) is 3.01. The molecule has 0 saturated heterocycles. The lowest BCUT2D eigenvalue weighted by Crippen LogP contribution is -2.06. The summed E-state index contributed by atoms with van der Waals surface area (Å²) in [5, 5.41) is 0.468. The fourth-order valence-corrected chi connectivity index (χ4v) is 3.76. The van der Waals surface area contributed by atoms with Crippen molar-refractivity contribution in [2.45, 2.75) is 31.4 Å². The van der Waals surface area contributed by atoms with Crippen molar-refractivity contribution >= 4 is 11.8 Å².